The second-order valence-electron chi connectivity index (χ2n) is 12.8. The van der Waals surface area contributed by atoms with Gasteiger partial charge in [0, 0.05) is 23.6 Å². The molecule has 1 aromatic rings. The zero-order valence-corrected chi connectivity index (χ0v) is 29.1. The van der Waals surface area contributed by atoms with Crippen molar-refractivity contribution in [1.29, 1.82) is 0 Å². The van der Waals surface area contributed by atoms with E-state index in [1.54, 1.807) is 41.5 Å². The molecule has 3 rings (SSSR count). The van der Waals surface area contributed by atoms with Gasteiger partial charge in [0.15, 0.2) is 10.8 Å². The zero-order chi connectivity index (χ0) is 35.5. The minimum atomic E-state index is -1.65. The van der Waals surface area contributed by atoms with Crippen LogP contribution in [0.4, 0.5) is 9.93 Å². The number of thiazole rings is 1. The number of ether oxygens (including phenoxy) is 3. The molecular weight excluding hydrogens is 658 g/mol. The van der Waals surface area contributed by atoms with E-state index >= 15 is 0 Å². The van der Waals surface area contributed by atoms with Gasteiger partial charge in [-0.25, -0.2) is 20.4 Å². The van der Waals surface area contributed by atoms with Gasteiger partial charge in [-0.3, -0.25) is 34.8 Å². The summed E-state index contributed by atoms with van der Waals surface area (Å²) in [6.07, 6.45) is -0.781. The van der Waals surface area contributed by atoms with E-state index in [0.717, 1.165) is 16.2 Å². The standard InChI is InChI=1S/C28H39N7O10S2/c1-13(36)42-10-14-11-46-22-17(21(39)35(22)18(14)20(38)33-29)31-19(37)16(34-45-28(8,9)23(40)43-26(2,3)4)15-12-47-24(30-15)32-25(41)44-27(5,6)7/h12,17,22H,10-11,29H2,1-9H3,(H,31,37)(H,33,38)(H,30,32,41)/b34-16-/t17-,22-/m1/s1. The summed E-state index contributed by atoms with van der Waals surface area (Å²) in [6.45, 7) is 13.9. The first-order valence-corrected chi connectivity index (χ1v) is 16.1. The molecule has 4 amide bonds. The van der Waals surface area contributed by atoms with Gasteiger partial charge < -0.3 is 24.4 Å². The molecule has 0 aromatic carbocycles. The molecule has 2 atom stereocenters. The Morgan fingerprint density at radius 2 is 1.70 bits per heavy atom. The van der Waals surface area contributed by atoms with Gasteiger partial charge in [-0.2, -0.15) is 0 Å². The Morgan fingerprint density at radius 3 is 2.28 bits per heavy atom. The average Bonchev–Trinajstić information content (AvgIpc) is 3.39. The quantitative estimate of drug-likeness (QED) is 0.0518. The van der Waals surface area contributed by atoms with Crippen LogP contribution in [-0.2, 0) is 43.0 Å². The predicted octanol–water partition coefficient (Wildman–Crippen LogP) is 1.54. The number of anilines is 1. The number of carbonyl (C=O) groups is 6. The highest BCUT2D eigenvalue weighted by atomic mass is 32.2. The number of carbonyl (C=O) groups excluding carboxylic acids is 6. The Morgan fingerprint density at radius 1 is 1.06 bits per heavy atom. The average molecular weight is 698 g/mol. The molecule has 0 bridgehead atoms. The molecule has 0 radical (unpaired) electrons. The Hall–Kier alpha value is -4.23. The second kappa shape index (κ2) is 14.3. The first kappa shape index (κ1) is 37.2. The number of fused-ring (bicyclic) bond motifs is 1. The number of nitrogens with one attached hydrogen (secondary N) is 3. The Bertz CT molecular complexity index is 1510. The van der Waals surface area contributed by atoms with Gasteiger partial charge in [0.05, 0.1) is 0 Å². The van der Waals surface area contributed by atoms with Crippen LogP contribution in [0.15, 0.2) is 21.8 Å². The summed E-state index contributed by atoms with van der Waals surface area (Å²) in [5.74, 6) is 1.88. The minimum Gasteiger partial charge on any atom is -0.461 e. The summed E-state index contributed by atoms with van der Waals surface area (Å²) >= 11 is 2.18. The maximum atomic E-state index is 13.7. The summed E-state index contributed by atoms with van der Waals surface area (Å²) in [5.41, 5.74) is -1.47. The lowest BCUT2D eigenvalue weighted by Crippen LogP contribution is -2.71. The zero-order valence-electron chi connectivity index (χ0n) is 27.5. The number of esters is 2. The molecule has 19 heteroatoms. The SMILES string of the molecule is CC(=O)OCC1=C(C(=O)NN)N2C(=O)[C@@H](NC(=O)/C(=N\OC(C)(C)C(=O)OC(C)(C)C)c3csc(NC(=O)OC(C)(C)C)n3)[C@H]2SC1. The number of β-lactam (4-membered cyclic amide) rings is 1. The number of amides is 4. The van der Waals surface area contributed by atoms with E-state index in [9.17, 15) is 28.8 Å². The molecular formula is C28H39N7O10S2. The van der Waals surface area contributed by atoms with Gasteiger partial charge in [0.1, 0.15) is 40.6 Å². The topological polar surface area (TPSA) is 230 Å². The van der Waals surface area contributed by atoms with Crippen LogP contribution in [0, 0.1) is 0 Å². The van der Waals surface area contributed by atoms with Crippen molar-refractivity contribution in [2.24, 2.45) is 11.0 Å². The van der Waals surface area contributed by atoms with E-state index in [2.05, 4.69) is 20.8 Å². The number of nitrogens with two attached hydrogens (primary N) is 1. The molecule has 1 fully saturated rings. The van der Waals surface area contributed by atoms with Crippen LogP contribution in [0.1, 0.15) is 68.0 Å². The summed E-state index contributed by atoms with van der Waals surface area (Å²) in [4.78, 5) is 86.9. The molecule has 3 heterocycles. The fourth-order valence-corrected chi connectivity index (χ4v) is 5.92. The van der Waals surface area contributed by atoms with Crippen molar-refractivity contribution in [1.82, 2.24) is 20.6 Å². The summed E-state index contributed by atoms with van der Waals surface area (Å²) in [6, 6.07) is -1.12. The third-order valence-corrected chi connectivity index (χ3v) is 8.05. The van der Waals surface area contributed by atoms with Gasteiger partial charge in [-0.05, 0) is 55.4 Å². The molecule has 2 aliphatic rings. The van der Waals surface area contributed by atoms with Gasteiger partial charge in [-0.1, -0.05) is 5.16 Å². The number of hydrazine groups is 1. The van der Waals surface area contributed by atoms with E-state index in [1.165, 1.54) is 37.9 Å². The van der Waals surface area contributed by atoms with Crippen LogP contribution >= 0.6 is 23.1 Å². The number of hydrogen-bond acceptors (Lipinski definition) is 15. The largest absolute Gasteiger partial charge is 0.461 e. The number of rotatable bonds is 10. The maximum absolute atomic E-state index is 13.7. The van der Waals surface area contributed by atoms with E-state index in [0.29, 0.717) is 5.57 Å². The molecule has 2 aliphatic heterocycles. The molecule has 0 aliphatic carbocycles. The fourth-order valence-electron chi connectivity index (χ4n) is 3.91. The number of oxime groups is 1. The molecule has 0 spiro atoms. The van der Waals surface area contributed by atoms with Crippen LogP contribution < -0.4 is 21.9 Å². The number of nitrogens with zero attached hydrogens (tertiary/aromatic N) is 3. The van der Waals surface area contributed by atoms with Gasteiger partial charge in [0.2, 0.25) is 5.60 Å². The Labute approximate surface area is 279 Å². The number of aromatic nitrogens is 1. The molecule has 5 N–H and O–H groups in total. The maximum Gasteiger partial charge on any atom is 0.413 e. The van der Waals surface area contributed by atoms with Gasteiger partial charge in [-0.15, -0.1) is 23.1 Å². The number of thioether (sulfide) groups is 1. The van der Waals surface area contributed by atoms with Crippen LogP contribution in [0.5, 0.6) is 0 Å². The molecule has 0 saturated carbocycles. The third-order valence-electron chi connectivity index (χ3n) is 5.96. The monoisotopic (exact) mass is 697 g/mol. The molecule has 258 valence electrons. The summed E-state index contributed by atoms with van der Waals surface area (Å²) in [7, 11) is 0. The molecule has 47 heavy (non-hydrogen) atoms. The highest BCUT2D eigenvalue weighted by Crippen LogP contribution is 2.40. The van der Waals surface area contributed by atoms with Gasteiger partial charge >= 0.3 is 18.0 Å². The van der Waals surface area contributed by atoms with Crippen molar-refractivity contribution in [3.05, 3.63) is 22.3 Å². The van der Waals surface area contributed by atoms with Crippen molar-refractivity contribution in [2.45, 2.75) is 90.5 Å². The van der Waals surface area contributed by atoms with Crippen LogP contribution in [0.3, 0.4) is 0 Å². The summed E-state index contributed by atoms with van der Waals surface area (Å²) in [5, 5.41) is 9.78. The Kier molecular flexibility index (Phi) is 11.3. The van der Waals surface area contributed by atoms with Crippen molar-refractivity contribution in [3.63, 3.8) is 0 Å². The predicted molar refractivity (Wildman–Crippen MR) is 171 cm³/mol. The lowest BCUT2D eigenvalue weighted by Gasteiger charge is -2.49. The van der Waals surface area contributed by atoms with E-state index < -0.39 is 69.7 Å². The van der Waals surface area contributed by atoms with Crippen LogP contribution in [0.2, 0.25) is 0 Å². The van der Waals surface area contributed by atoms with E-state index in [-0.39, 0.29) is 28.9 Å². The van der Waals surface area contributed by atoms with E-state index in [1.807, 2.05) is 5.43 Å². The molecule has 1 saturated heterocycles. The summed E-state index contributed by atoms with van der Waals surface area (Å²) < 4.78 is 15.7. The third kappa shape index (κ3) is 9.64. The minimum absolute atomic E-state index is 0.0507. The van der Waals surface area contributed by atoms with Crippen LogP contribution in [0.25, 0.3) is 0 Å². The van der Waals surface area contributed by atoms with Crippen molar-refractivity contribution >= 4 is 69.7 Å². The highest BCUT2D eigenvalue weighted by Gasteiger charge is 2.54. The van der Waals surface area contributed by atoms with Crippen molar-refractivity contribution < 1.29 is 47.8 Å². The first-order chi connectivity index (χ1) is 21.6. The number of hydrogen-bond donors (Lipinski definition) is 4. The van der Waals surface area contributed by atoms with E-state index in [4.69, 9.17) is 24.9 Å². The van der Waals surface area contributed by atoms with Gasteiger partial charge in [0.25, 0.3) is 17.7 Å². The second-order valence-corrected chi connectivity index (χ2v) is 14.7. The first-order valence-electron chi connectivity index (χ1n) is 14.2. The fraction of sp³-hybridized carbons (Fsp3) is 0.571. The molecule has 0 unspecified atom stereocenters. The lowest BCUT2D eigenvalue weighted by atomic mass is 10.0. The smallest absolute Gasteiger partial charge is 0.413 e. The molecule has 17 nitrogen and oxygen atoms in total. The van der Waals surface area contributed by atoms with Crippen molar-refractivity contribution in [2.75, 3.05) is 17.7 Å². The van der Waals surface area contributed by atoms with Crippen LogP contribution in [-0.4, -0.2) is 91.9 Å². The van der Waals surface area contributed by atoms with Crippen molar-refractivity contribution in [3.8, 4) is 0 Å². The normalized spacial score (nSPS) is 18.4. The molecule has 1 aromatic heterocycles. The lowest BCUT2D eigenvalue weighted by molar-refractivity contribution is -0.179. The Balaban J connectivity index is 1.89. The highest BCUT2D eigenvalue weighted by molar-refractivity contribution is 8.00.